The minimum absolute atomic E-state index is 0.579. The second-order valence-electron chi connectivity index (χ2n) is 5.30. The molecule has 0 spiro atoms. The van der Waals surface area contributed by atoms with Gasteiger partial charge >= 0.3 is 0 Å². The molecule has 1 unspecified atom stereocenters. The fraction of sp³-hybridized carbons (Fsp3) is 0.375. The van der Waals surface area contributed by atoms with Crippen molar-refractivity contribution < 1.29 is 0 Å². The average Bonchev–Trinajstić information content (AvgIpc) is 2.85. The van der Waals surface area contributed by atoms with Crippen molar-refractivity contribution in [3.05, 3.63) is 56.2 Å². The normalized spacial score (nSPS) is 19.0. The summed E-state index contributed by atoms with van der Waals surface area (Å²) in [4.78, 5) is 4.02. The van der Waals surface area contributed by atoms with Gasteiger partial charge in [0.2, 0.25) is 0 Å². The molecule has 2 aromatic rings. The van der Waals surface area contributed by atoms with Crippen LogP contribution in [0.3, 0.4) is 0 Å². The molecule has 0 amide bonds. The van der Waals surface area contributed by atoms with Crippen LogP contribution in [0.1, 0.15) is 16.0 Å². The minimum Gasteiger partial charge on any atom is -0.318 e. The topological polar surface area (TPSA) is 15.3 Å². The van der Waals surface area contributed by atoms with Crippen molar-refractivity contribution in [2.24, 2.45) is 0 Å². The van der Waals surface area contributed by atoms with E-state index in [4.69, 9.17) is 0 Å². The summed E-state index contributed by atoms with van der Waals surface area (Å²) in [5.74, 6) is 0. The zero-order valence-corrected chi connectivity index (χ0v) is 14.0. The van der Waals surface area contributed by atoms with Crippen LogP contribution in [-0.4, -0.2) is 24.5 Å². The van der Waals surface area contributed by atoms with Crippen molar-refractivity contribution in [1.82, 2.24) is 10.2 Å². The van der Waals surface area contributed by atoms with Crippen LogP contribution in [0.15, 0.2) is 40.2 Å². The average molecular weight is 351 g/mol. The van der Waals surface area contributed by atoms with E-state index in [9.17, 15) is 0 Å². The third-order valence-corrected chi connectivity index (χ3v) is 5.50. The number of rotatable bonds is 4. The summed E-state index contributed by atoms with van der Waals surface area (Å²) in [6.45, 7) is 3.13. The van der Waals surface area contributed by atoms with Crippen molar-refractivity contribution in [2.45, 2.75) is 25.6 Å². The molecular weight excluding hydrogens is 332 g/mol. The lowest BCUT2D eigenvalue weighted by Crippen LogP contribution is -2.45. The highest BCUT2D eigenvalue weighted by atomic mass is 79.9. The Kier molecular flexibility index (Phi) is 4.56. The van der Waals surface area contributed by atoms with Gasteiger partial charge in [0.05, 0.1) is 3.79 Å². The van der Waals surface area contributed by atoms with Crippen LogP contribution >= 0.6 is 27.3 Å². The Balaban J connectivity index is 1.80. The number of benzene rings is 1. The lowest BCUT2D eigenvalue weighted by molar-refractivity contribution is 0.162. The highest BCUT2D eigenvalue weighted by Gasteiger charge is 2.25. The molecule has 0 aliphatic carbocycles. The van der Waals surface area contributed by atoms with Gasteiger partial charge in [0.25, 0.3) is 0 Å². The van der Waals surface area contributed by atoms with Gasteiger partial charge in [0.1, 0.15) is 0 Å². The first-order valence-corrected chi connectivity index (χ1v) is 8.57. The summed E-state index contributed by atoms with van der Waals surface area (Å²) in [5, 5.41) is 3.34. The second-order valence-corrected chi connectivity index (χ2v) is 7.84. The number of halogens is 1. The largest absolute Gasteiger partial charge is 0.318 e. The fourth-order valence-corrected chi connectivity index (χ4v) is 4.41. The smallest absolute Gasteiger partial charge is 0.0701 e. The monoisotopic (exact) mass is 350 g/mol. The minimum atomic E-state index is 0.579. The number of hydrogen-bond donors (Lipinski definition) is 1. The van der Waals surface area contributed by atoms with Gasteiger partial charge in [0.15, 0.2) is 0 Å². The maximum atomic E-state index is 3.56. The first-order valence-electron chi connectivity index (χ1n) is 6.96. The Morgan fingerprint density at radius 1 is 1.25 bits per heavy atom. The van der Waals surface area contributed by atoms with Gasteiger partial charge in [-0.3, -0.25) is 4.90 Å². The molecule has 1 aliphatic heterocycles. The van der Waals surface area contributed by atoms with Gasteiger partial charge in [-0.1, -0.05) is 24.3 Å². The van der Waals surface area contributed by atoms with Gasteiger partial charge in [-0.05, 0) is 52.7 Å². The first-order chi connectivity index (χ1) is 9.76. The Bertz CT molecular complexity index is 581. The standard InChI is InChI=1S/C16H19BrN2S/c1-18-9-14-8-12-4-2-3-5-13(12)10-19(14)11-15-6-7-16(17)20-15/h2-7,14,18H,8-11H2,1H3. The molecule has 0 bridgehead atoms. The van der Waals surface area contributed by atoms with Gasteiger partial charge in [-0.25, -0.2) is 0 Å². The van der Waals surface area contributed by atoms with E-state index in [-0.39, 0.29) is 0 Å². The third kappa shape index (κ3) is 3.14. The second kappa shape index (κ2) is 6.39. The quantitative estimate of drug-likeness (QED) is 0.905. The number of nitrogens with zero attached hydrogens (tertiary/aromatic N) is 1. The predicted molar refractivity (Wildman–Crippen MR) is 89.1 cm³/mol. The van der Waals surface area contributed by atoms with Gasteiger partial charge < -0.3 is 5.32 Å². The summed E-state index contributed by atoms with van der Waals surface area (Å²) in [7, 11) is 2.04. The molecule has 106 valence electrons. The van der Waals surface area contributed by atoms with E-state index < -0.39 is 0 Å². The van der Waals surface area contributed by atoms with Crippen molar-refractivity contribution in [2.75, 3.05) is 13.6 Å². The van der Waals surface area contributed by atoms with Crippen molar-refractivity contribution in [3.63, 3.8) is 0 Å². The lowest BCUT2D eigenvalue weighted by Gasteiger charge is -2.36. The van der Waals surface area contributed by atoms with Crippen LogP contribution in [0, 0.1) is 0 Å². The third-order valence-electron chi connectivity index (χ3n) is 3.89. The zero-order chi connectivity index (χ0) is 13.9. The van der Waals surface area contributed by atoms with E-state index in [1.807, 2.05) is 18.4 Å². The molecule has 0 saturated heterocycles. The molecule has 0 fully saturated rings. The van der Waals surface area contributed by atoms with E-state index in [0.29, 0.717) is 6.04 Å². The molecule has 1 aromatic heterocycles. The molecular formula is C16H19BrN2S. The predicted octanol–water partition coefficient (Wildman–Crippen LogP) is 3.66. The summed E-state index contributed by atoms with van der Waals surface area (Å²) in [6.07, 6.45) is 1.14. The molecule has 20 heavy (non-hydrogen) atoms. The number of nitrogens with one attached hydrogen (secondary N) is 1. The lowest BCUT2D eigenvalue weighted by atomic mass is 9.94. The molecule has 1 N–H and O–H groups in total. The Hall–Kier alpha value is -0.680. The number of hydrogen-bond acceptors (Lipinski definition) is 3. The van der Waals surface area contributed by atoms with Crippen LogP contribution in [0.4, 0.5) is 0 Å². The van der Waals surface area contributed by atoms with Crippen molar-refractivity contribution in [1.29, 1.82) is 0 Å². The van der Waals surface area contributed by atoms with Gasteiger partial charge in [0, 0.05) is 30.6 Å². The molecule has 0 saturated carbocycles. The van der Waals surface area contributed by atoms with Crippen LogP contribution in [0.25, 0.3) is 0 Å². The fourth-order valence-electron chi connectivity index (χ4n) is 2.90. The first kappa shape index (κ1) is 14.3. The Labute approximate surface area is 132 Å². The highest BCUT2D eigenvalue weighted by Crippen LogP contribution is 2.28. The maximum Gasteiger partial charge on any atom is 0.0701 e. The Morgan fingerprint density at radius 3 is 2.75 bits per heavy atom. The van der Waals surface area contributed by atoms with E-state index in [2.05, 4.69) is 62.5 Å². The van der Waals surface area contributed by atoms with E-state index >= 15 is 0 Å². The number of fused-ring (bicyclic) bond motifs is 1. The summed E-state index contributed by atoms with van der Waals surface area (Å²) in [5.41, 5.74) is 2.99. The summed E-state index contributed by atoms with van der Waals surface area (Å²) < 4.78 is 1.22. The summed E-state index contributed by atoms with van der Waals surface area (Å²) in [6, 6.07) is 13.8. The molecule has 1 aliphatic rings. The maximum absolute atomic E-state index is 3.56. The van der Waals surface area contributed by atoms with Gasteiger partial charge in [-0.2, -0.15) is 0 Å². The molecule has 0 radical (unpaired) electrons. The van der Waals surface area contributed by atoms with Crippen molar-refractivity contribution >= 4 is 27.3 Å². The summed E-state index contributed by atoms with van der Waals surface area (Å²) >= 11 is 5.39. The molecule has 1 atom stereocenters. The van der Waals surface area contributed by atoms with E-state index in [0.717, 1.165) is 26.1 Å². The molecule has 4 heteroatoms. The van der Waals surface area contributed by atoms with Crippen LogP contribution < -0.4 is 5.32 Å². The van der Waals surface area contributed by atoms with E-state index in [1.165, 1.54) is 19.8 Å². The SMILES string of the molecule is CNCC1Cc2ccccc2CN1Cc1ccc(Br)s1. The molecule has 1 aromatic carbocycles. The van der Waals surface area contributed by atoms with Crippen LogP contribution in [-0.2, 0) is 19.5 Å². The highest BCUT2D eigenvalue weighted by molar-refractivity contribution is 9.11. The van der Waals surface area contributed by atoms with Crippen molar-refractivity contribution in [3.8, 4) is 0 Å². The van der Waals surface area contributed by atoms with Gasteiger partial charge in [-0.15, -0.1) is 11.3 Å². The molecule has 2 heterocycles. The van der Waals surface area contributed by atoms with E-state index in [1.54, 1.807) is 0 Å². The van der Waals surface area contributed by atoms with Crippen LogP contribution in [0.5, 0.6) is 0 Å². The van der Waals surface area contributed by atoms with Crippen LogP contribution in [0.2, 0.25) is 0 Å². The molecule has 2 nitrogen and oxygen atoms in total. The number of thiophene rings is 1. The Morgan fingerprint density at radius 2 is 2.05 bits per heavy atom. The molecule has 3 rings (SSSR count). The zero-order valence-electron chi connectivity index (χ0n) is 11.6. The number of likely N-dealkylation sites (N-methyl/N-ethyl adjacent to an activating group) is 1.